The minimum atomic E-state index is -2.73. The zero-order chi connectivity index (χ0) is 33.4. The molecule has 2 aliphatic carbocycles. The Labute approximate surface area is 274 Å². The maximum absolute atomic E-state index is 14.3. The Bertz CT molecular complexity index is 1790. The Morgan fingerprint density at radius 1 is 1.10 bits per heavy atom. The summed E-state index contributed by atoms with van der Waals surface area (Å²) < 4.78 is 30.3. The monoisotopic (exact) mass is 661 g/mol. The first-order chi connectivity index (χ1) is 23.0. The lowest BCUT2D eigenvalue weighted by Crippen LogP contribution is -2.54. The number of aromatic nitrogens is 5. The van der Waals surface area contributed by atoms with Gasteiger partial charge in [0.1, 0.15) is 5.82 Å². The molecule has 3 aliphatic heterocycles. The first-order valence-electron chi connectivity index (χ1n) is 16.6. The van der Waals surface area contributed by atoms with Crippen molar-refractivity contribution in [2.75, 3.05) is 36.4 Å². The van der Waals surface area contributed by atoms with Crippen LogP contribution in [0.25, 0.3) is 0 Å². The predicted octanol–water partition coefficient (Wildman–Crippen LogP) is 2.52. The molecule has 13 nitrogen and oxygen atoms in total. The van der Waals surface area contributed by atoms with Crippen molar-refractivity contribution in [3.63, 3.8) is 0 Å². The van der Waals surface area contributed by atoms with E-state index in [-0.39, 0.29) is 54.0 Å². The molecule has 6 heterocycles. The van der Waals surface area contributed by atoms with Crippen LogP contribution in [0, 0.1) is 23.2 Å². The molecule has 4 amide bonds. The van der Waals surface area contributed by atoms with Gasteiger partial charge in [-0.1, -0.05) is 13.0 Å². The van der Waals surface area contributed by atoms with Crippen molar-refractivity contribution >= 4 is 35.1 Å². The van der Waals surface area contributed by atoms with Gasteiger partial charge in [-0.05, 0) is 37.3 Å². The summed E-state index contributed by atoms with van der Waals surface area (Å²) in [6.07, 6.45) is 7.59. The number of H-pyrrole nitrogens is 1. The average Bonchev–Trinajstić information content (AvgIpc) is 3.46. The highest BCUT2D eigenvalue weighted by Gasteiger charge is 2.78. The van der Waals surface area contributed by atoms with Gasteiger partial charge < -0.3 is 15.1 Å². The van der Waals surface area contributed by atoms with Crippen molar-refractivity contribution in [1.82, 2.24) is 35.2 Å². The lowest BCUT2D eigenvalue weighted by atomic mass is 9.87. The van der Waals surface area contributed by atoms with Crippen LogP contribution in [-0.2, 0) is 33.8 Å². The fourth-order valence-corrected chi connectivity index (χ4v) is 8.06. The van der Waals surface area contributed by atoms with E-state index in [2.05, 4.69) is 35.8 Å². The molecule has 3 saturated heterocycles. The van der Waals surface area contributed by atoms with Gasteiger partial charge in [-0.3, -0.25) is 34.3 Å². The van der Waals surface area contributed by atoms with Gasteiger partial charge >= 0.3 is 0 Å². The van der Waals surface area contributed by atoms with E-state index in [1.54, 1.807) is 30.2 Å². The topological polar surface area (TPSA) is 158 Å². The van der Waals surface area contributed by atoms with Crippen molar-refractivity contribution in [2.45, 2.75) is 63.8 Å². The number of alkyl halides is 2. The number of rotatable bonds is 7. The molecule has 48 heavy (non-hydrogen) atoms. The molecule has 0 radical (unpaired) electrons. The standard InChI is InChI=1S/C33H37F2N9O4/c1-32-11-24-23(10-25(32)33(32,34)35)28(41-40-24)30(47)38-21-13-37-44(17-21)16-18-14-43(15-18)31(48)19-6-8-42(9-7-19)26-4-2-20(12-36-26)22-3-5-27(45)39-29(22)46/h2,4,12-13,17-19,22,25H,3,5-11,14-16H2,1H3,(H,38,47)(H,40,41)(H,39,45,46)/t22?,25-,32+/m0/s1. The summed E-state index contributed by atoms with van der Waals surface area (Å²) in [5, 5.41) is 16.5. The number of anilines is 2. The van der Waals surface area contributed by atoms with Crippen LogP contribution in [0.4, 0.5) is 20.3 Å². The van der Waals surface area contributed by atoms with E-state index in [4.69, 9.17) is 0 Å². The predicted molar refractivity (Wildman–Crippen MR) is 167 cm³/mol. The van der Waals surface area contributed by atoms with E-state index < -0.39 is 23.2 Å². The maximum Gasteiger partial charge on any atom is 0.276 e. The summed E-state index contributed by atoms with van der Waals surface area (Å²) in [5.74, 6) is -3.62. The first kappa shape index (κ1) is 30.6. The number of fused-ring (bicyclic) bond motifs is 2. The van der Waals surface area contributed by atoms with Gasteiger partial charge in [-0.2, -0.15) is 10.2 Å². The van der Waals surface area contributed by atoms with Crippen LogP contribution in [0.2, 0.25) is 0 Å². The van der Waals surface area contributed by atoms with E-state index in [0.29, 0.717) is 62.5 Å². The van der Waals surface area contributed by atoms with Gasteiger partial charge in [-0.15, -0.1) is 0 Å². The third kappa shape index (κ3) is 5.14. The van der Waals surface area contributed by atoms with Crippen molar-refractivity contribution in [3.8, 4) is 0 Å². The molecule has 3 atom stereocenters. The van der Waals surface area contributed by atoms with Crippen LogP contribution in [-0.4, -0.2) is 85.6 Å². The molecule has 3 aromatic rings. The zero-order valence-corrected chi connectivity index (χ0v) is 26.5. The number of likely N-dealkylation sites (tertiary alicyclic amines) is 1. The largest absolute Gasteiger partial charge is 0.357 e. The van der Waals surface area contributed by atoms with E-state index in [1.807, 2.05) is 17.0 Å². The van der Waals surface area contributed by atoms with E-state index >= 15 is 0 Å². The zero-order valence-electron chi connectivity index (χ0n) is 26.5. The normalized spacial score (nSPS) is 26.7. The van der Waals surface area contributed by atoms with Gasteiger partial charge in [0.2, 0.25) is 17.7 Å². The van der Waals surface area contributed by atoms with Crippen LogP contribution in [0.1, 0.15) is 65.8 Å². The highest BCUT2D eigenvalue weighted by Crippen LogP contribution is 2.70. The van der Waals surface area contributed by atoms with Crippen molar-refractivity contribution in [2.24, 2.45) is 23.2 Å². The summed E-state index contributed by atoms with van der Waals surface area (Å²) in [7, 11) is 0. The Balaban J connectivity index is 0.782. The Morgan fingerprint density at radius 3 is 2.62 bits per heavy atom. The van der Waals surface area contributed by atoms with Crippen molar-refractivity contribution in [1.29, 1.82) is 0 Å². The van der Waals surface area contributed by atoms with Crippen LogP contribution < -0.4 is 15.5 Å². The molecule has 252 valence electrons. The van der Waals surface area contributed by atoms with Gasteiger partial charge in [0.05, 0.1) is 17.8 Å². The Kier molecular flexibility index (Phi) is 7.14. The van der Waals surface area contributed by atoms with Crippen LogP contribution in [0.3, 0.4) is 0 Å². The molecule has 3 aromatic heterocycles. The number of aromatic amines is 1. The number of amides is 4. The molecular formula is C33H37F2N9O4. The number of hydrogen-bond acceptors (Lipinski definition) is 8. The van der Waals surface area contributed by atoms with E-state index in [0.717, 1.165) is 24.2 Å². The number of nitrogens with one attached hydrogen (secondary N) is 3. The number of nitrogens with zero attached hydrogens (tertiary/aromatic N) is 6. The molecular weight excluding hydrogens is 624 g/mol. The minimum absolute atomic E-state index is 0.0378. The first-order valence-corrected chi connectivity index (χ1v) is 16.6. The molecule has 8 rings (SSSR count). The molecule has 0 aromatic carbocycles. The van der Waals surface area contributed by atoms with E-state index in [1.165, 1.54) is 0 Å². The second kappa shape index (κ2) is 11.2. The SMILES string of the molecule is C[C@@]12Cc3[nH]nc(C(=O)Nc4cnn(CC5CN(C(=O)C6CCN(c7ccc(C8CCC(=O)NC8=O)cn7)CC6)C5)c4)c3C[C@@H]1C2(F)F. The average molecular weight is 662 g/mol. The number of imide groups is 1. The lowest BCUT2D eigenvalue weighted by molar-refractivity contribution is -0.143. The van der Waals surface area contributed by atoms with Crippen LogP contribution in [0.5, 0.6) is 0 Å². The summed E-state index contributed by atoms with van der Waals surface area (Å²) in [4.78, 5) is 58.5. The number of hydrogen-bond donors (Lipinski definition) is 3. The smallest absolute Gasteiger partial charge is 0.276 e. The molecule has 0 bridgehead atoms. The van der Waals surface area contributed by atoms with E-state index in [9.17, 15) is 28.0 Å². The lowest BCUT2D eigenvalue weighted by Gasteiger charge is -2.42. The summed E-state index contributed by atoms with van der Waals surface area (Å²) in [6, 6.07) is 3.80. The quantitative estimate of drug-likeness (QED) is 0.326. The fraction of sp³-hybridized carbons (Fsp3) is 0.545. The number of piperidine rings is 2. The molecule has 0 spiro atoms. The fourth-order valence-electron chi connectivity index (χ4n) is 8.06. The van der Waals surface area contributed by atoms with Crippen molar-refractivity contribution in [3.05, 3.63) is 53.2 Å². The number of pyridine rings is 1. The summed E-state index contributed by atoms with van der Waals surface area (Å²) in [5.41, 5.74) is 1.56. The molecule has 4 fully saturated rings. The molecule has 1 unspecified atom stereocenters. The number of carbonyl (C=O) groups is 4. The molecule has 5 aliphatic rings. The highest BCUT2D eigenvalue weighted by atomic mass is 19.3. The summed E-state index contributed by atoms with van der Waals surface area (Å²) >= 11 is 0. The third-order valence-corrected chi connectivity index (χ3v) is 11.2. The van der Waals surface area contributed by atoms with Crippen LogP contribution >= 0.6 is 0 Å². The van der Waals surface area contributed by atoms with Gasteiger partial charge in [0.15, 0.2) is 5.69 Å². The van der Waals surface area contributed by atoms with Gasteiger partial charge in [0.25, 0.3) is 11.8 Å². The molecule has 15 heteroatoms. The van der Waals surface area contributed by atoms with Crippen molar-refractivity contribution < 1.29 is 28.0 Å². The maximum atomic E-state index is 14.3. The number of carbonyl (C=O) groups excluding carboxylic acids is 4. The van der Waals surface area contributed by atoms with Gasteiger partial charge in [-0.25, -0.2) is 13.8 Å². The Morgan fingerprint density at radius 2 is 1.90 bits per heavy atom. The molecule has 1 saturated carbocycles. The minimum Gasteiger partial charge on any atom is -0.357 e. The third-order valence-electron chi connectivity index (χ3n) is 11.2. The second-order valence-electron chi connectivity index (χ2n) is 14.2. The Hall–Kier alpha value is -4.69. The number of halogens is 2. The summed E-state index contributed by atoms with van der Waals surface area (Å²) in [6.45, 7) is 4.92. The molecule has 3 N–H and O–H groups in total. The van der Waals surface area contributed by atoms with Crippen LogP contribution in [0.15, 0.2) is 30.7 Å². The highest BCUT2D eigenvalue weighted by molar-refractivity contribution is 6.04. The second-order valence-corrected chi connectivity index (χ2v) is 14.2. The van der Waals surface area contributed by atoms with Gasteiger partial charge in [0, 0.05) is 92.4 Å².